The lowest BCUT2D eigenvalue weighted by atomic mass is 9.40. The zero-order valence-electron chi connectivity index (χ0n) is 9.21. The second-order valence-corrected chi connectivity index (χ2v) is 6.60. The topological polar surface area (TPSA) is 47.6 Å². The molecule has 2 nitrogen and oxygen atoms in total. The van der Waals surface area contributed by atoms with Gasteiger partial charge in [0.25, 0.3) is 0 Å². The molecule has 15 heavy (non-hydrogen) atoms. The molecule has 0 aromatic heterocycles. The molecule has 0 spiro atoms. The minimum Gasteiger partial charge on any atom is -0.198 e. The van der Waals surface area contributed by atoms with E-state index in [2.05, 4.69) is 19.1 Å². The molecule has 0 aromatic rings. The second-order valence-electron chi connectivity index (χ2n) is 6.60. The maximum atomic E-state index is 9.40. The highest BCUT2D eigenvalue weighted by Crippen LogP contribution is 2.69. The molecule has 2 heteroatoms. The Balaban J connectivity index is 2.09. The van der Waals surface area contributed by atoms with Crippen LogP contribution in [0.4, 0.5) is 0 Å². The largest absolute Gasteiger partial charge is 0.198 e. The number of hydrogen-bond donors (Lipinski definition) is 0. The zero-order chi connectivity index (χ0) is 10.7. The Kier molecular flexibility index (Phi) is 1.46. The number of nitrogens with zero attached hydrogens (tertiary/aromatic N) is 2. The molecule has 0 aliphatic heterocycles. The summed E-state index contributed by atoms with van der Waals surface area (Å²) in [4.78, 5) is 0. The van der Waals surface area contributed by atoms with Gasteiger partial charge < -0.3 is 0 Å². The van der Waals surface area contributed by atoms with Crippen molar-refractivity contribution in [1.29, 1.82) is 10.5 Å². The van der Waals surface area contributed by atoms with Crippen molar-refractivity contribution in [3.8, 4) is 12.1 Å². The lowest BCUT2D eigenvalue weighted by Gasteiger charge is -2.61. The molecule has 4 saturated carbocycles. The van der Waals surface area contributed by atoms with Gasteiger partial charge in [-0.1, -0.05) is 6.92 Å². The Morgan fingerprint density at radius 3 is 1.87 bits per heavy atom. The van der Waals surface area contributed by atoms with E-state index in [9.17, 15) is 10.5 Å². The minimum absolute atomic E-state index is 0.149. The van der Waals surface area contributed by atoms with E-state index >= 15 is 0 Å². The van der Waals surface area contributed by atoms with Gasteiger partial charge in [-0.3, -0.25) is 0 Å². The molecule has 4 aliphatic carbocycles. The Morgan fingerprint density at radius 2 is 1.47 bits per heavy atom. The van der Waals surface area contributed by atoms with Gasteiger partial charge in [-0.05, 0) is 49.9 Å². The average Bonchev–Trinajstić information content (AvgIpc) is 2.14. The fourth-order valence-corrected chi connectivity index (χ4v) is 5.17. The van der Waals surface area contributed by atoms with E-state index in [1.807, 2.05) is 0 Å². The third kappa shape index (κ3) is 1.08. The van der Waals surface area contributed by atoms with Crippen LogP contribution < -0.4 is 0 Å². The molecule has 78 valence electrons. The molecule has 2 unspecified atom stereocenters. The first-order chi connectivity index (χ1) is 7.03. The van der Waals surface area contributed by atoms with Crippen LogP contribution in [0.3, 0.4) is 0 Å². The van der Waals surface area contributed by atoms with E-state index in [0.29, 0.717) is 5.92 Å². The predicted octanol–water partition coefficient (Wildman–Crippen LogP) is 3.01. The summed E-state index contributed by atoms with van der Waals surface area (Å²) in [5, 5.41) is 18.8. The molecule has 4 aliphatic rings. The van der Waals surface area contributed by atoms with Crippen molar-refractivity contribution in [1.82, 2.24) is 0 Å². The van der Waals surface area contributed by atoms with Gasteiger partial charge in [-0.2, -0.15) is 10.5 Å². The summed E-state index contributed by atoms with van der Waals surface area (Å²) in [5.74, 6) is 0.644. The van der Waals surface area contributed by atoms with E-state index in [1.165, 1.54) is 6.42 Å². The highest BCUT2D eigenvalue weighted by atomic mass is 14.7. The van der Waals surface area contributed by atoms with Gasteiger partial charge in [0, 0.05) is 0 Å². The third-order valence-electron chi connectivity index (χ3n) is 4.82. The number of hydrogen-bond acceptors (Lipinski definition) is 2. The molecule has 0 heterocycles. The van der Waals surface area contributed by atoms with E-state index < -0.39 is 0 Å². The van der Waals surface area contributed by atoms with E-state index in [4.69, 9.17) is 0 Å². The molecule has 2 atom stereocenters. The van der Waals surface area contributed by atoms with E-state index in [0.717, 1.165) is 32.1 Å². The quantitative estimate of drug-likeness (QED) is 0.603. The maximum Gasteiger partial charge on any atom is 0.0690 e. The van der Waals surface area contributed by atoms with Crippen molar-refractivity contribution in [2.45, 2.75) is 45.4 Å². The van der Waals surface area contributed by atoms with Crippen LogP contribution in [-0.4, -0.2) is 0 Å². The van der Waals surface area contributed by atoms with Gasteiger partial charge in [0.2, 0.25) is 0 Å². The first kappa shape index (κ1) is 9.22. The summed E-state index contributed by atoms with van der Waals surface area (Å²) in [5.41, 5.74) is -0.0152. The van der Waals surface area contributed by atoms with E-state index in [1.54, 1.807) is 0 Å². The average molecular weight is 200 g/mol. The molecular formula is C13H16N2. The fourth-order valence-electron chi connectivity index (χ4n) is 5.17. The lowest BCUT2D eigenvalue weighted by Crippen LogP contribution is -2.55. The molecule has 0 amide bonds. The van der Waals surface area contributed by atoms with E-state index in [-0.39, 0.29) is 16.2 Å². The van der Waals surface area contributed by atoms with Crippen LogP contribution in [0.25, 0.3) is 0 Å². The summed E-state index contributed by atoms with van der Waals surface area (Å²) < 4.78 is 0. The van der Waals surface area contributed by atoms with Crippen molar-refractivity contribution in [3.05, 3.63) is 0 Å². The lowest BCUT2D eigenvalue weighted by molar-refractivity contribution is -0.104. The van der Waals surface area contributed by atoms with Crippen molar-refractivity contribution >= 4 is 0 Å². The Bertz CT molecular complexity index is 368. The summed E-state index contributed by atoms with van der Waals surface area (Å²) in [6, 6.07) is 5.09. The standard InChI is InChI=1S/C13H16N2/c1-11-2-10-3-12(5-11,8-14)7-13(4-10,6-11)9-15/h10H,2-7H2,1H3. The molecule has 0 radical (unpaired) electrons. The minimum atomic E-state index is -0.149. The Labute approximate surface area is 90.9 Å². The SMILES string of the molecule is CC12CC3CC(C#N)(C1)CC(C#N)(C3)C2. The smallest absolute Gasteiger partial charge is 0.0690 e. The summed E-state index contributed by atoms with van der Waals surface area (Å²) in [6.07, 6.45) is 6.29. The summed E-state index contributed by atoms with van der Waals surface area (Å²) >= 11 is 0. The van der Waals surface area contributed by atoms with Crippen molar-refractivity contribution < 1.29 is 0 Å². The van der Waals surface area contributed by atoms with Crippen molar-refractivity contribution in [2.24, 2.45) is 22.2 Å². The molecular weight excluding hydrogens is 184 g/mol. The Morgan fingerprint density at radius 1 is 0.933 bits per heavy atom. The third-order valence-corrected chi connectivity index (χ3v) is 4.82. The Hall–Kier alpha value is -1.02. The predicted molar refractivity (Wildman–Crippen MR) is 55.4 cm³/mol. The summed E-state index contributed by atoms with van der Waals surface area (Å²) in [7, 11) is 0. The highest BCUT2D eigenvalue weighted by molar-refractivity contribution is 5.22. The second kappa shape index (κ2) is 2.38. The molecule has 0 N–H and O–H groups in total. The van der Waals surface area contributed by atoms with Gasteiger partial charge in [-0.25, -0.2) is 0 Å². The molecule has 0 saturated heterocycles. The molecule has 4 rings (SSSR count). The zero-order valence-corrected chi connectivity index (χ0v) is 9.21. The van der Waals surface area contributed by atoms with Crippen molar-refractivity contribution in [2.75, 3.05) is 0 Å². The highest BCUT2D eigenvalue weighted by Gasteiger charge is 2.62. The van der Waals surface area contributed by atoms with Crippen LogP contribution >= 0.6 is 0 Å². The van der Waals surface area contributed by atoms with Gasteiger partial charge >= 0.3 is 0 Å². The van der Waals surface area contributed by atoms with Gasteiger partial charge in [0.1, 0.15) is 0 Å². The van der Waals surface area contributed by atoms with Crippen molar-refractivity contribution in [3.63, 3.8) is 0 Å². The van der Waals surface area contributed by atoms with Crippen LogP contribution in [0.1, 0.15) is 45.4 Å². The van der Waals surface area contributed by atoms with Gasteiger partial charge in [-0.15, -0.1) is 0 Å². The molecule has 4 fully saturated rings. The van der Waals surface area contributed by atoms with Gasteiger partial charge in [0.05, 0.1) is 23.0 Å². The van der Waals surface area contributed by atoms with Crippen LogP contribution in [-0.2, 0) is 0 Å². The number of nitriles is 2. The van der Waals surface area contributed by atoms with Crippen LogP contribution in [0.5, 0.6) is 0 Å². The first-order valence-electron chi connectivity index (χ1n) is 5.85. The van der Waals surface area contributed by atoms with Crippen LogP contribution in [0.2, 0.25) is 0 Å². The maximum absolute atomic E-state index is 9.40. The normalized spacial score (nSPS) is 56.1. The number of rotatable bonds is 0. The van der Waals surface area contributed by atoms with Gasteiger partial charge in [0.15, 0.2) is 0 Å². The summed E-state index contributed by atoms with van der Waals surface area (Å²) in [6.45, 7) is 2.29. The van der Waals surface area contributed by atoms with Crippen LogP contribution in [0.15, 0.2) is 0 Å². The monoisotopic (exact) mass is 200 g/mol. The molecule has 4 bridgehead atoms. The first-order valence-corrected chi connectivity index (χ1v) is 5.85. The molecule has 0 aromatic carbocycles. The fraction of sp³-hybridized carbons (Fsp3) is 0.846. The van der Waals surface area contributed by atoms with Crippen LogP contribution in [0, 0.1) is 44.8 Å².